The number of hydrogen-bond donors (Lipinski definition) is 0. The number of aromatic nitrogens is 2. The van der Waals surface area contributed by atoms with Crippen molar-refractivity contribution in [1.82, 2.24) is 9.55 Å². The van der Waals surface area contributed by atoms with Crippen molar-refractivity contribution in [3.63, 3.8) is 0 Å². The molecule has 0 radical (unpaired) electrons. The van der Waals surface area contributed by atoms with Gasteiger partial charge in [0.2, 0.25) is 0 Å². The van der Waals surface area contributed by atoms with Gasteiger partial charge in [-0.1, -0.05) is 17.7 Å². The first kappa shape index (κ1) is 17.3. The van der Waals surface area contributed by atoms with Crippen LogP contribution in [0.2, 0.25) is 0 Å². The van der Waals surface area contributed by atoms with Crippen molar-refractivity contribution in [1.29, 1.82) is 0 Å². The Hall–Kier alpha value is -2.14. The Morgan fingerprint density at radius 2 is 1.96 bits per heavy atom. The van der Waals surface area contributed by atoms with Crippen molar-refractivity contribution in [2.75, 3.05) is 6.61 Å². The van der Waals surface area contributed by atoms with E-state index in [1.54, 1.807) is 22.2 Å². The lowest BCUT2D eigenvalue weighted by molar-refractivity contribution is 0.302. The van der Waals surface area contributed by atoms with Crippen molar-refractivity contribution in [2.24, 2.45) is 0 Å². The van der Waals surface area contributed by atoms with Gasteiger partial charge in [0.05, 0.1) is 18.3 Å². The van der Waals surface area contributed by atoms with Crippen molar-refractivity contribution in [3.8, 4) is 5.75 Å². The second-order valence-electron chi connectivity index (χ2n) is 7.00. The van der Waals surface area contributed by atoms with Crippen LogP contribution in [0.25, 0.3) is 10.2 Å². The van der Waals surface area contributed by atoms with E-state index in [0.717, 1.165) is 41.6 Å². The molecule has 136 valence electrons. The molecule has 5 heteroatoms. The van der Waals surface area contributed by atoms with Gasteiger partial charge in [0.15, 0.2) is 0 Å². The fourth-order valence-electron chi connectivity index (χ4n) is 3.55. The van der Waals surface area contributed by atoms with Gasteiger partial charge in [-0.05, 0) is 63.1 Å². The molecule has 0 saturated heterocycles. The Bertz CT molecular complexity index is 957. The maximum Gasteiger partial charge on any atom is 0.262 e. The molecule has 0 atom stereocenters. The van der Waals surface area contributed by atoms with Crippen LogP contribution in [-0.4, -0.2) is 16.2 Å². The third-order valence-corrected chi connectivity index (χ3v) is 6.22. The number of rotatable bonds is 6. The highest BCUT2D eigenvalue weighted by Gasteiger charge is 2.19. The summed E-state index contributed by atoms with van der Waals surface area (Å²) in [7, 11) is 0. The lowest BCUT2D eigenvalue weighted by Crippen LogP contribution is -2.21. The van der Waals surface area contributed by atoms with Crippen LogP contribution in [0.15, 0.2) is 35.4 Å². The monoisotopic (exact) mass is 368 g/mol. The van der Waals surface area contributed by atoms with Gasteiger partial charge >= 0.3 is 0 Å². The second kappa shape index (κ2) is 7.62. The maximum absolute atomic E-state index is 12.9. The molecule has 26 heavy (non-hydrogen) atoms. The third kappa shape index (κ3) is 3.54. The SMILES string of the molecule is Cc1ccc(OCCCCn2cnc3sc4c(c3c2=O)CCCC4)cc1. The number of thiophene rings is 1. The van der Waals surface area contributed by atoms with Gasteiger partial charge < -0.3 is 4.74 Å². The summed E-state index contributed by atoms with van der Waals surface area (Å²) in [6.07, 6.45) is 8.09. The average molecular weight is 369 g/mol. The summed E-state index contributed by atoms with van der Waals surface area (Å²) in [6, 6.07) is 8.10. The van der Waals surface area contributed by atoms with Crippen LogP contribution in [0.5, 0.6) is 5.75 Å². The lowest BCUT2D eigenvalue weighted by Gasteiger charge is -2.10. The molecule has 0 amide bonds. The van der Waals surface area contributed by atoms with E-state index in [0.29, 0.717) is 13.2 Å². The molecule has 1 aromatic carbocycles. The first-order valence-corrected chi connectivity index (χ1v) is 10.2. The van der Waals surface area contributed by atoms with Crippen LogP contribution in [0.4, 0.5) is 0 Å². The van der Waals surface area contributed by atoms with Gasteiger partial charge in [-0.2, -0.15) is 0 Å². The molecule has 0 N–H and O–H groups in total. The van der Waals surface area contributed by atoms with Gasteiger partial charge in [0.1, 0.15) is 10.6 Å². The minimum atomic E-state index is 0.133. The van der Waals surface area contributed by atoms with Gasteiger partial charge in [-0.25, -0.2) is 4.98 Å². The highest BCUT2D eigenvalue weighted by atomic mass is 32.1. The Kier molecular flexibility index (Phi) is 5.07. The standard InChI is InChI=1S/C21H24N2O2S/c1-15-8-10-16(11-9-15)25-13-5-4-12-23-14-22-20-19(21(23)24)17-6-2-3-7-18(17)26-20/h8-11,14H,2-7,12-13H2,1H3. The molecule has 4 rings (SSSR count). The van der Waals surface area contributed by atoms with E-state index in [1.807, 2.05) is 12.1 Å². The Morgan fingerprint density at radius 3 is 2.81 bits per heavy atom. The van der Waals surface area contributed by atoms with Crippen molar-refractivity contribution < 1.29 is 4.74 Å². The molecule has 0 spiro atoms. The lowest BCUT2D eigenvalue weighted by atomic mass is 9.97. The topological polar surface area (TPSA) is 44.1 Å². The Morgan fingerprint density at radius 1 is 1.15 bits per heavy atom. The van der Waals surface area contributed by atoms with Crippen molar-refractivity contribution in [2.45, 2.75) is 52.0 Å². The van der Waals surface area contributed by atoms with E-state index in [9.17, 15) is 4.79 Å². The fourth-order valence-corrected chi connectivity index (χ4v) is 4.77. The molecular weight excluding hydrogens is 344 g/mol. The molecular formula is C21H24N2O2S. The number of aryl methyl sites for hydroxylation is 4. The molecule has 2 aromatic heterocycles. The summed E-state index contributed by atoms with van der Waals surface area (Å²) in [4.78, 5) is 19.7. The summed E-state index contributed by atoms with van der Waals surface area (Å²) < 4.78 is 7.53. The Balaban J connectivity index is 1.37. The number of hydrogen-bond acceptors (Lipinski definition) is 4. The first-order chi connectivity index (χ1) is 12.7. The largest absolute Gasteiger partial charge is 0.494 e. The zero-order chi connectivity index (χ0) is 17.9. The second-order valence-corrected chi connectivity index (χ2v) is 8.09. The van der Waals surface area contributed by atoms with E-state index >= 15 is 0 Å². The van der Waals surface area contributed by atoms with Crippen LogP contribution >= 0.6 is 11.3 Å². The highest BCUT2D eigenvalue weighted by molar-refractivity contribution is 7.18. The summed E-state index contributed by atoms with van der Waals surface area (Å²) in [5.74, 6) is 0.903. The summed E-state index contributed by atoms with van der Waals surface area (Å²) in [5, 5.41) is 0.878. The van der Waals surface area contributed by atoms with Crippen LogP contribution in [0.3, 0.4) is 0 Å². The van der Waals surface area contributed by atoms with Crippen LogP contribution in [-0.2, 0) is 19.4 Å². The van der Waals surface area contributed by atoms with Crippen molar-refractivity contribution in [3.05, 3.63) is 57.0 Å². The predicted octanol–water partition coefficient (Wildman–Crippen LogP) is 4.50. The van der Waals surface area contributed by atoms with E-state index in [-0.39, 0.29) is 5.56 Å². The molecule has 2 heterocycles. The van der Waals surface area contributed by atoms with Crippen LogP contribution in [0, 0.1) is 6.92 Å². The predicted molar refractivity (Wildman–Crippen MR) is 106 cm³/mol. The zero-order valence-electron chi connectivity index (χ0n) is 15.2. The van der Waals surface area contributed by atoms with E-state index in [4.69, 9.17) is 4.74 Å². The first-order valence-electron chi connectivity index (χ1n) is 9.41. The average Bonchev–Trinajstić information content (AvgIpc) is 3.04. The van der Waals surface area contributed by atoms with Crippen LogP contribution in [0.1, 0.15) is 41.7 Å². The molecule has 1 aliphatic rings. The maximum atomic E-state index is 12.9. The molecule has 0 fully saturated rings. The van der Waals surface area contributed by atoms with Crippen LogP contribution < -0.4 is 10.3 Å². The molecule has 0 saturated carbocycles. The fraction of sp³-hybridized carbons (Fsp3) is 0.429. The molecule has 4 nitrogen and oxygen atoms in total. The Labute approximate surface area is 157 Å². The highest BCUT2D eigenvalue weighted by Crippen LogP contribution is 2.33. The molecule has 0 bridgehead atoms. The van der Waals surface area contributed by atoms with Gasteiger partial charge in [0, 0.05) is 11.4 Å². The summed E-state index contributed by atoms with van der Waals surface area (Å²) in [5.41, 5.74) is 2.63. The normalized spacial score (nSPS) is 13.7. The molecule has 0 unspecified atom stereocenters. The summed E-state index contributed by atoms with van der Waals surface area (Å²) >= 11 is 1.71. The number of fused-ring (bicyclic) bond motifs is 3. The number of nitrogens with zero attached hydrogens (tertiary/aromatic N) is 2. The smallest absolute Gasteiger partial charge is 0.262 e. The van der Waals surface area contributed by atoms with E-state index in [1.165, 1.54) is 28.8 Å². The quantitative estimate of drug-likeness (QED) is 0.602. The van der Waals surface area contributed by atoms with Gasteiger partial charge in [-0.15, -0.1) is 11.3 Å². The minimum Gasteiger partial charge on any atom is -0.494 e. The van der Waals surface area contributed by atoms with Gasteiger partial charge in [0.25, 0.3) is 5.56 Å². The molecule has 0 aliphatic heterocycles. The third-order valence-electron chi connectivity index (χ3n) is 5.02. The number of unbranched alkanes of at least 4 members (excludes halogenated alkanes) is 1. The number of benzene rings is 1. The summed E-state index contributed by atoms with van der Waals surface area (Å²) in [6.45, 7) is 3.43. The van der Waals surface area contributed by atoms with Crippen molar-refractivity contribution >= 4 is 21.6 Å². The van der Waals surface area contributed by atoms with E-state index < -0.39 is 0 Å². The molecule has 3 aromatic rings. The number of ether oxygens (including phenoxy) is 1. The van der Waals surface area contributed by atoms with E-state index in [2.05, 4.69) is 24.0 Å². The minimum absolute atomic E-state index is 0.133. The van der Waals surface area contributed by atoms with Gasteiger partial charge in [-0.3, -0.25) is 9.36 Å². The zero-order valence-corrected chi connectivity index (χ0v) is 16.0. The molecule has 1 aliphatic carbocycles.